The van der Waals surface area contributed by atoms with Gasteiger partial charge in [-0.1, -0.05) is 18.2 Å². The molecule has 0 saturated carbocycles. The Kier molecular flexibility index (Phi) is 3.41. The van der Waals surface area contributed by atoms with Crippen molar-refractivity contribution in [3.63, 3.8) is 0 Å². The second kappa shape index (κ2) is 4.99. The third-order valence-corrected chi connectivity index (χ3v) is 2.88. The highest BCUT2D eigenvalue weighted by Gasteiger charge is 2.10. The molecule has 0 amide bonds. The molecule has 17 heavy (non-hydrogen) atoms. The molecule has 1 unspecified atom stereocenters. The second-order valence-electron chi connectivity index (χ2n) is 4.22. The summed E-state index contributed by atoms with van der Waals surface area (Å²) in [4.78, 5) is 4.50. The molecule has 2 N–H and O–H groups in total. The normalized spacial score (nSPS) is 12.3. The van der Waals surface area contributed by atoms with Gasteiger partial charge < -0.3 is 5.73 Å². The van der Waals surface area contributed by atoms with Crippen LogP contribution in [0, 0.1) is 19.3 Å². The maximum Gasteiger partial charge on any atom is 0.0708 e. The van der Waals surface area contributed by atoms with Gasteiger partial charge in [0.1, 0.15) is 0 Å². The lowest BCUT2D eigenvalue weighted by Gasteiger charge is -2.14. The molecule has 0 aliphatic rings. The Hall–Kier alpha value is -1.85. The summed E-state index contributed by atoms with van der Waals surface area (Å²) in [6.45, 7) is 1.99. The molecule has 0 saturated heterocycles. The first-order chi connectivity index (χ1) is 8.22. The number of pyridine rings is 1. The van der Waals surface area contributed by atoms with E-state index in [0.29, 0.717) is 6.42 Å². The Bertz CT molecular complexity index is 567. The summed E-state index contributed by atoms with van der Waals surface area (Å²) in [5.41, 5.74) is 9.33. The Morgan fingerprint density at radius 2 is 2.18 bits per heavy atom. The largest absolute Gasteiger partial charge is 0.324 e. The van der Waals surface area contributed by atoms with Crippen LogP contribution in [0.2, 0.25) is 0 Å². The summed E-state index contributed by atoms with van der Waals surface area (Å²) in [6.07, 6.45) is 6.79. The minimum absolute atomic E-state index is 0.0161. The maximum atomic E-state index is 6.19. The quantitative estimate of drug-likeness (QED) is 0.814. The predicted octanol–water partition coefficient (Wildman–Crippen LogP) is 2.96. The number of rotatable bonds is 3. The van der Waals surface area contributed by atoms with Gasteiger partial charge in [0.2, 0.25) is 0 Å². The molecule has 0 spiro atoms. The fraction of sp³-hybridized carbons (Fsp3) is 0.267. The fourth-order valence-electron chi connectivity index (χ4n) is 2.04. The fourth-order valence-corrected chi connectivity index (χ4v) is 2.04. The number of para-hydroxylation sites is 1. The topological polar surface area (TPSA) is 38.9 Å². The van der Waals surface area contributed by atoms with Crippen molar-refractivity contribution in [3.8, 4) is 12.3 Å². The number of benzene rings is 1. The van der Waals surface area contributed by atoms with Gasteiger partial charge in [-0.15, -0.1) is 12.3 Å². The van der Waals surface area contributed by atoms with Crippen LogP contribution in [0.4, 0.5) is 0 Å². The lowest BCUT2D eigenvalue weighted by atomic mass is 9.98. The molecule has 86 valence electrons. The molecule has 1 aromatic carbocycles. The summed E-state index contributed by atoms with van der Waals surface area (Å²) < 4.78 is 0. The van der Waals surface area contributed by atoms with Gasteiger partial charge in [0, 0.05) is 23.5 Å². The second-order valence-corrected chi connectivity index (χ2v) is 4.22. The molecule has 2 heteroatoms. The number of nitrogens with zero attached hydrogens (tertiary/aromatic N) is 1. The van der Waals surface area contributed by atoms with E-state index in [4.69, 9.17) is 12.2 Å². The number of aromatic nitrogens is 1. The van der Waals surface area contributed by atoms with Gasteiger partial charge in [-0.25, -0.2) is 0 Å². The van der Waals surface area contributed by atoms with Crippen molar-refractivity contribution in [2.24, 2.45) is 5.73 Å². The lowest BCUT2D eigenvalue weighted by Crippen LogP contribution is -2.11. The van der Waals surface area contributed by atoms with E-state index in [9.17, 15) is 0 Å². The summed E-state index contributed by atoms with van der Waals surface area (Å²) in [5.74, 6) is 2.64. The maximum absolute atomic E-state index is 6.19. The molecule has 1 aromatic heterocycles. The van der Waals surface area contributed by atoms with E-state index < -0.39 is 0 Å². The van der Waals surface area contributed by atoms with Crippen LogP contribution >= 0.6 is 0 Å². The van der Waals surface area contributed by atoms with Crippen LogP contribution in [-0.4, -0.2) is 4.98 Å². The average molecular weight is 224 g/mol. The molecule has 2 aromatic rings. The van der Waals surface area contributed by atoms with Gasteiger partial charge in [0.25, 0.3) is 0 Å². The van der Waals surface area contributed by atoms with Crippen LogP contribution in [0.5, 0.6) is 0 Å². The molecular formula is C15H16N2. The van der Waals surface area contributed by atoms with Gasteiger partial charge in [0.15, 0.2) is 0 Å². The molecule has 0 radical (unpaired) electrons. The van der Waals surface area contributed by atoms with Crippen molar-refractivity contribution in [1.29, 1.82) is 0 Å². The van der Waals surface area contributed by atoms with Crippen LogP contribution in [0.25, 0.3) is 10.9 Å². The van der Waals surface area contributed by atoms with Gasteiger partial charge in [-0.3, -0.25) is 4.98 Å². The summed E-state index contributed by atoms with van der Waals surface area (Å²) in [6, 6.07) is 10.1. The van der Waals surface area contributed by atoms with E-state index in [2.05, 4.69) is 23.0 Å². The molecule has 2 nitrogen and oxygen atoms in total. The Labute approximate surface area is 102 Å². The lowest BCUT2D eigenvalue weighted by molar-refractivity contribution is 0.671. The first kappa shape index (κ1) is 11.6. The molecular weight excluding hydrogens is 208 g/mol. The van der Waals surface area contributed by atoms with E-state index in [1.165, 1.54) is 0 Å². The zero-order valence-corrected chi connectivity index (χ0v) is 9.98. The molecule has 1 heterocycles. The highest BCUT2D eigenvalue weighted by molar-refractivity contribution is 5.82. The number of hydrogen-bond donors (Lipinski definition) is 1. The summed E-state index contributed by atoms with van der Waals surface area (Å²) in [5, 5.41) is 1.13. The summed E-state index contributed by atoms with van der Waals surface area (Å²) >= 11 is 0. The van der Waals surface area contributed by atoms with Crippen molar-refractivity contribution < 1.29 is 0 Å². The number of hydrogen-bond acceptors (Lipinski definition) is 2. The van der Waals surface area contributed by atoms with E-state index in [-0.39, 0.29) is 6.04 Å². The Morgan fingerprint density at radius 1 is 1.41 bits per heavy atom. The van der Waals surface area contributed by atoms with Crippen molar-refractivity contribution in [2.75, 3.05) is 0 Å². The van der Waals surface area contributed by atoms with E-state index >= 15 is 0 Å². The number of fused-ring (bicyclic) bond motifs is 1. The average Bonchev–Trinajstić information content (AvgIpc) is 2.34. The summed E-state index contributed by atoms with van der Waals surface area (Å²) in [7, 11) is 0. The predicted molar refractivity (Wildman–Crippen MR) is 71.5 cm³/mol. The third kappa shape index (κ3) is 2.46. The zero-order chi connectivity index (χ0) is 12.3. The van der Waals surface area contributed by atoms with Crippen LogP contribution < -0.4 is 5.73 Å². The van der Waals surface area contributed by atoms with Crippen molar-refractivity contribution in [3.05, 3.63) is 41.6 Å². The standard InChI is InChI=1S/C15H16N2/c1-3-4-8-14(16)13-10-11(2)17-15-9-6-5-7-12(13)15/h1,5-7,9-10,14H,4,8,16H2,2H3. The first-order valence-corrected chi connectivity index (χ1v) is 5.77. The van der Waals surface area contributed by atoms with E-state index in [0.717, 1.165) is 28.6 Å². The number of aryl methyl sites for hydroxylation is 1. The molecule has 0 aliphatic carbocycles. The Morgan fingerprint density at radius 3 is 2.94 bits per heavy atom. The minimum atomic E-state index is -0.0161. The highest BCUT2D eigenvalue weighted by atomic mass is 14.7. The van der Waals surface area contributed by atoms with E-state index in [1.54, 1.807) is 0 Å². The smallest absolute Gasteiger partial charge is 0.0708 e. The molecule has 2 rings (SSSR count). The van der Waals surface area contributed by atoms with Crippen molar-refractivity contribution >= 4 is 10.9 Å². The van der Waals surface area contributed by atoms with Crippen molar-refractivity contribution in [1.82, 2.24) is 4.98 Å². The SMILES string of the molecule is C#CCCC(N)c1cc(C)nc2ccccc12. The van der Waals surface area contributed by atoms with E-state index in [1.807, 2.05) is 25.1 Å². The monoisotopic (exact) mass is 224 g/mol. The van der Waals surface area contributed by atoms with Crippen LogP contribution in [0.15, 0.2) is 30.3 Å². The van der Waals surface area contributed by atoms with Crippen LogP contribution in [0.3, 0.4) is 0 Å². The van der Waals surface area contributed by atoms with Crippen LogP contribution in [0.1, 0.15) is 30.1 Å². The number of nitrogens with two attached hydrogens (primary N) is 1. The minimum Gasteiger partial charge on any atom is -0.324 e. The van der Waals surface area contributed by atoms with Gasteiger partial charge in [-0.05, 0) is 31.0 Å². The van der Waals surface area contributed by atoms with Gasteiger partial charge >= 0.3 is 0 Å². The third-order valence-electron chi connectivity index (χ3n) is 2.88. The van der Waals surface area contributed by atoms with Crippen LogP contribution in [-0.2, 0) is 0 Å². The highest BCUT2D eigenvalue weighted by Crippen LogP contribution is 2.25. The molecule has 1 atom stereocenters. The van der Waals surface area contributed by atoms with Crippen molar-refractivity contribution in [2.45, 2.75) is 25.8 Å². The zero-order valence-electron chi connectivity index (χ0n) is 9.98. The molecule has 0 bridgehead atoms. The number of terminal acetylenes is 1. The Balaban J connectivity index is 2.48. The van der Waals surface area contributed by atoms with Gasteiger partial charge in [-0.2, -0.15) is 0 Å². The van der Waals surface area contributed by atoms with Gasteiger partial charge in [0.05, 0.1) is 5.52 Å². The first-order valence-electron chi connectivity index (χ1n) is 5.77. The molecule has 0 fully saturated rings. The molecule has 0 aliphatic heterocycles.